The minimum atomic E-state index is -0.500. The standard InChI is InChI=1S/C20H17NO4/c1-2-23-20(22)18-17(14-8-5-11-24-14)16-13-7-4-3-6-12(13)9-10-15(16)25-19(18)21/h3-11,17H,2,21H2,1H3/t17-/m0/s1. The van der Waals surface area contributed by atoms with Crippen LogP contribution in [0.3, 0.4) is 0 Å². The SMILES string of the molecule is CCOC(=O)C1=C(N)Oc2ccc3ccccc3c2[C@@H]1c1ccco1. The zero-order valence-electron chi connectivity index (χ0n) is 13.7. The first-order chi connectivity index (χ1) is 12.2. The Balaban J connectivity index is 2.00. The molecule has 25 heavy (non-hydrogen) atoms. The van der Waals surface area contributed by atoms with E-state index in [-0.39, 0.29) is 18.1 Å². The molecule has 126 valence electrons. The molecule has 0 saturated carbocycles. The molecule has 2 aromatic carbocycles. The average molecular weight is 335 g/mol. The highest BCUT2D eigenvalue weighted by Gasteiger charge is 2.38. The van der Waals surface area contributed by atoms with E-state index >= 15 is 0 Å². The van der Waals surface area contributed by atoms with Gasteiger partial charge in [-0.3, -0.25) is 0 Å². The number of hydrogen-bond donors (Lipinski definition) is 1. The van der Waals surface area contributed by atoms with Crippen LogP contribution in [0.2, 0.25) is 0 Å². The lowest BCUT2D eigenvalue weighted by atomic mass is 9.83. The zero-order chi connectivity index (χ0) is 17.4. The van der Waals surface area contributed by atoms with Crippen molar-refractivity contribution in [3.63, 3.8) is 0 Å². The van der Waals surface area contributed by atoms with Crippen molar-refractivity contribution in [3.8, 4) is 5.75 Å². The topological polar surface area (TPSA) is 74.7 Å². The summed E-state index contributed by atoms with van der Waals surface area (Å²) in [4.78, 5) is 12.6. The summed E-state index contributed by atoms with van der Waals surface area (Å²) < 4.78 is 16.6. The average Bonchev–Trinajstić information content (AvgIpc) is 3.14. The minimum absolute atomic E-state index is 0.0441. The molecule has 5 nitrogen and oxygen atoms in total. The molecule has 0 unspecified atom stereocenters. The number of benzene rings is 2. The molecule has 0 fully saturated rings. The van der Waals surface area contributed by atoms with E-state index < -0.39 is 11.9 Å². The molecule has 4 rings (SSSR count). The number of fused-ring (bicyclic) bond motifs is 3. The maximum absolute atomic E-state index is 12.6. The van der Waals surface area contributed by atoms with Gasteiger partial charge in [0.05, 0.1) is 18.8 Å². The lowest BCUT2D eigenvalue weighted by Crippen LogP contribution is -2.27. The molecule has 0 spiro atoms. The number of nitrogens with two attached hydrogens (primary N) is 1. The molecular weight excluding hydrogens is 318 g/mol. The molecule has 1 atom stereocenters. The third kappa shape index (κ3) is 2.45. The van der Waals surface area contributed by atoms with Gasteiger partial charge in [0, 0.05) is 5.56 Å². The number of carbonyl (C=O) groups excluding carboxylic acids is 1. The fraction of sp³-hybridized carbons (Fsp3) is 0.150. The van der Waals surface area contributed by atoms with Gasteiger partial charge in [-0.2, -0.15) is 0 Å². The van der Waals surface area contributed by atoms with Gasteiger partial charge < -0.3 is 19.6 Å². The molecule has 0 amide bonds. The van der Waals surface area contributed by atoms with E-state index in [0.717, 1.165) is 16.3 Å². The van der Waals surface area contributed by atoms with Crippen molar-refractivity contribution in [1.29, 1.82) is 0 Å². The predicted octanol–water partition coefficient (Wildman–Crippen LogP) is 3.69. The summed E-state index contributed by atoms with van der Waals surface area (Å²) in [6, 6.07) is 15.4. The van der Waals surface area contributed by atoms with Crippen LogP contribution in [-0.2, 0) is 9.53 Å². The molecule has 2 N–H and O–H groups in total. The van der Waals surface area contributed by atoms with Gasteiger partial charge in [-0.05, 0) is 35.9 Å². The Kier molecular flexibility index (Phi) is 3.69. The number of rotatable bonds is 3. The Morgan fingerprint density at radius 3 is 2.76 bits per heavy atom. The fourth-order valence-corrected chi connectivity index (χ4v) is 3.29. The highest BCUT2D eigenvalue weighted by molar-refractivity contribution is 5.96. The van der Waals surface area contributed by atoms with Crippen LogP contribution in [0.15, 0.2) is 70.7 Å². The summed E-state index contributed by atoms with van der Waals surface area (Å²) in [5.41, 5.74) is 7.20. The molecule has 1 aliphatic heterocycles. The van der Waals surface area contributed by atoms with Crippen LogP contribution in [-0.4, -0.2) is 12.6 Å². The first-order valence-corrected chi connectivity index (χ1v) is 8.10. The van der Waals surface area contributed by atoms with Gasteiger partial charge in [0.1, 0.15) is 17.1 Å². The molecule has 0 bridgehead atoms. The molecule has 3 aromatic rings. The van der Waals surface area contributed by atoms with Crippen LogP contribution in [0.1, 0.15) is 24.2 Å². The summed E-state index contributed by atoms with van der Waals surface area (Å²) in [7, 11) is 0. The monoisotopic (exact) mass is 335 g/mol. The molecule has 1 aliphatic rings. The Bertz CT molecular complexity index is 973. The summed E-state index contributed by atoms with van der Waals surface area (Å²) in [6.07, 6.45) is 1.58. The summed E-state index contributed by atoms with van der Waals surface area (Å²) >= 11 is 0. The lowest BCUT2D eigenvalue weighted by molar-refractivity contribution is -0.139. The molecule has 0 radical (unpaired) electrons. The van der Waals surface area contributed by atoms with Crippen LogP contribution in [0.4, 0.5) is 0 Å². The molecule has 1 aromatic heterocycles. The highest BCUT2D eigenvalue weighted by atomic mass is 16.5. The van der Waals surface area contributed by atoms with Crippen LogP contribution in [0.25, 0.3) is 10.8 Å². The zero-order valence-corrected chi connectivity index (χ0v) is 13.7. The van der Waals surface area contributed by atoms with E-state index in [1.807, 2.05) is 42.5 Å². The molecule has 0 aliphatic carbocycles. The Labute approximate surface area is 144 Å². The van der Waals surface area contributed by atoms with Crippen LogP contribution < -0.4 is 10.5 Å². The summed E-state index contributed by atoms with van der Waals surface area (Å²) in [5, 5.41) is 2.03. The molecule has 5 heteroatoms. The second-order valence-electron chi connectivity index (χ2n) is 5.75. The molecular formula is C20H17NO4. The van der Waals surface area contributed by atoms with Crippen LogP contribution >= 0.6 is 0 Å². The van der Waals surface area contributed by atoms with Crippen LogP contribution in [0.5, 0.6) is 5.75 Å². The van der Waals surface area contributed by atoms with Crippen molar-refractivity contribution in [3.05, 3.63) is 77.6 Å². The van der Waals surface area contributed by atoms with Gasteiger partial charge >= 0.3 is 5.97 Å². The Morgan fingerprint density at radius 2 is 2.00 bits per heavy atom. The largest absolute Gasteiger partial charge is 0.468 e. The van der Waals surface area contributed by atoms with Crippen molar-refractivity contribution < 1.29 is 18.7 Å². The third-order valence-electron chi connectivity index (χ3n) is 4.32. The first-order valence-electron chi connectivity index (χ1n) is 8.10. The van der Waals surface area contributed by atoms with E-state index in [2.05, 4.69) is 0 Å². The van der Waals surface area contributed by atoms with Gasteiger partial charge in [-0.15, -0.1) is 0 Å². The van der Waals surface area contributed by atoms with Gasteiger partial charge in [0.2, 0.25) is 5.88 Å². The molecule has 2 heterocycles. The second kappa shape index (κ2) is 6.02. The van der Waals surface area contributed by atoms with Crippen molar-refractivity contribution in [1.82, 2.24) is 0 Å². The summed E-state index contributed by atoms with van der Waals surface area (Å²) in [5.74, 6) is 0.295. The van der Waals surface area contributed by atoms with Crippen LogP contribution in [0, 0.1) is 0 Å². The van der Waals surface area contributed by atoms with Gasteiger partial charge in [0.25, 0.3) is 0 Å². The maximum atomic E-state index is 12.6. The number of esters is 1. The highest BCUT2D eigenvalue weighted by Crippen LogP contribution is 2.46. The van der Waals surface area contributed by atoms with Crippen molar-refractivity contribution in [2.45, 2.75) is 12.8 Å². The van der Waals surface area contributed by atoms with Gasteiger partial charge in [-0.25, -0.2) is 4.79 Å². The predicted molar refractivity (Wildman–Crippen MR) is 93.0 cm³/mol. The quantitative estimate of drug-likeness (QED) is 0.739. The van der Waals surface area contributed by atoms with Crippen molar-refractivity contribution in [2.75, 3.05) is 6.61 Å². The van der Waals surface area contributed by atoms with Crippen molar-refractivity contribution >= 4 is 16.7 Å². The van der Waals surface area contributed by atoms with E-state index in [1.165, 1.54) is 0 Å². The first kappa shape index (κ1) is 15.3. The maximum Gasteiger partial charge on any atom is 0.340 e. The number of furan rings is 1. The second-order valence-corrected chi connectivity index (χ2v) is 5.75. The number of hydrogen-bond acceptors (Lipinski definition) is 5. The number of carbonyl (C=O) groups is 1. The van der Waals surface area contributed by atoms with E-state index in [4.69, 9.17) is 19.6 Å². The summed E-state index contributed by atoms with van der Waals surface area (Å²) in [6.45, 7) is 2.01. The normalized spacial score (nSPS) is 16.4. The smallest absolute Gasteiger partial charge is 0.340 e. The van der Waals surface area contributed by atoms with E-state index in [1.54, 1.807) is 19.3 Å². The third-order valence-corrected chi connectivity index (χ3v) is 4.32. The van der Waals surface area contributed by atoms with Crippen molar-refractivity contribution in [2.24, 2.45) is 5.73 Å². The van der Waals surface area contributed by atoms with Gasteiger partial charge in [0.15, 0.2) is 0 Å². The van der Waals surface area contributed by atoms with E-state index in [0.29, 0.717) is 11.5 Å². The Hall–Kier alpha value is -3.21. The Morgan fingerprint density at radius 1 is 1.16 bits per heavy atom. The minimum Gasteiger partial charge on any atom is -0.468 e. The molecule has 0 saturated heterocycles. The fourth-order valence-electron chi connectivity index (χ4n) is 3.29. The lowest BCUT2D eigenvalue weighted by Gasteiger charge is -2.28. The number of ether oxygens (including phenoxy) is 2. The van der Waals surface area contributed by atoms with Gasteiger partial charge in [-0.1, -0.05) is 30.3 Å². The van der Waals surface area contributed by atoms with E-state index in [9.17, 15) is 4.79 Å².